The van der Waals surface area contributed by atoms with Gasteiger partial charge >= 0.3 is 0 Å². The van der Waals surface area contributed by atoms with Gasteiger partial charge in [-0.05, 0) is 50.4 Å². The summed E-state index contributed by atoms with van der Waals surface area (Å²) in [6, 6.07) is 1.56. The van der Waals surface area contributed by atoms with Crippen LogP contribution in [0.15, 0.2) is 18.5 Å². The second kappa shape index (κ2) is 5.78. The Kier molecular flexibility index (Phi) is 4.35. The number of hydrogen-bond donors (Lipinski definition) is 0. The van der Waals surface area contributed by atoms with Gasteiger partial charge in [0.25, 0.3) is 0 Å². The lowest BCUT2D eigenvalue weighted by Gasteiger charge is -2.33. The van der Waals surface area contributed by atoms with Crippen LogP contribution in [0.4, 0.5) is 4.39 Å². The minimum atomic E-state index is -0.258. The SMILES string of the molecule is CC(Cl)C1CCN(Cc2cncc(F)c2)CC1. The fraction of sp³-hybridized carbons (Fsp3) is 0.615. The number of rotatable bonds is 3. The molecule has 1 fully saturated rings. The van der Waals surface area contributed by atoms with Gasteiger partial charge in [0.05, 0.1) is 6.20 Å². The fourth-order valence-corrected chi connectivity index (χ4v) is 2.62. The van der Waals surface area contributed by atoms with Gasteiger partial charge in [0, 0.05) is 18.1 Å². The number of alkyl halides is 1. The van der Waals surface area contributed by atoms with Gasteiger partial charge in [0.2, 0.25) is 0 Å². The summed E-state index contributed by atoms with van der Waals surface area (Å²) in [5.74, 6) is 0.366. The van der Waals surface area contributed by atoms with Crippen molar-refractivity contribution >= 4 is 11.6 Å². The molecule has 1 unspecified atom stereocenters. The van der Waals surface area contributed by atoms with E-state index in [1.54, 1.807) is 12.3 Å². The molecule has 1 atom stereocenters. The summed E-state index contributed by atoms with van der Waals surface area (Å²) in [4.78, 5) is 6.21. The molecule has 94 valence electrons. The van der Waals surface area contributed by atoms with Crippen molar-refractivity contribution in [2.45, 2.75) is 31.7 Å². The summed E-state index contributed by atoms with van der Waals surface area (Å²) < 4.78 is 13.0. The van der Waals surface area contributed by atoms with Crippen LogP contribution in [0.1, 0.15) is 25.3 Å². The quantitative estimate of drug-likeness (QED) is 0.773. The van der Waals surface area contributed by atoms with Crippen LogP contribution >= 0.6 is 11.6 Å². The molecule has 1 aromatic heterocycles. The molecule has 0 bridgehead atoms. The first-order chi connectivity index (χ1) is 8.15. The summed E-state index contributed by atoms with van der Waals surface area (Å²) >= 11 is 6.11. The zero-order valence-electron chi connectivity index (χ0n) is 10.1. The monoisotopic (exact) mass is 256 g/mol. The highest BCUT2D eigenvalue weighted by Crippen LogP contribution is 2.24. The summed E-state index contributed by atoms with van der Waals surface area (Å²) in [6.07, 6.45) is 5.24. The predicted octanol–water partition coefficient (Wildman–Crippen LogP) is 3.06. The van der Waals surface area contributed by atoms with Crippen molar-refractivity contribution in [2.75, 3.05) is 13.1 Å². The number of halogens is 2. The Bertz CT molecular complexity index is 362. The van der Waals surface area contributed by atoms with E-state index in [1.165, 1.54) is 6.20 Å². The van der Waals surface area contributed by atoms with E-state index in [2.05, 4.69) is 16.8 Å². The van der Waals surface area contributed by atoms with Crippen LogP contribution in [-0.4, -0.2) is 28.4 Å². The standard InChI is InChI=1S/C13H18ClFN2/c1-10(14)12-2-4-17(5-3-12)9-11-6-13(15)8-16-7-11/h6-8,10,12H,2-5,9H2,1H3. The van der Waals surface area contributed by atoms with E-state index >= 15 is 0 Å². The largest absolute Gasteiger partial charge is 0.299 e. The highest BCUT2D eigenvalue weighted by molar-refractivity contribution is 6.20. The maximum absolute atomic E-state index is 13.0. The molecule has 2 nitrogen and oxygen atoms in total. The number of likely N-dealkylation sites (tertiary alicyclic amines) is 1. The number of aromatic nitrogens is 1. The summed E-state index contributed by atoms with van der Waals surface area (Å²) in [6.45, 7) is 4.93. The van der Waals surface area contributed by atoms with E-state index in [9.17, 15) is 4.39 Å². The van der Waals surface area contributed by atoms with Crippen LogP contribution in [0.25, 0.3) is 0 Å². The van der Waals surface area contributed by atoms with E-state index in [0.29, 0.717) is 5.92 Å². The third-order valence-electron chi connectivity index (χ3n) is 3.45. The van der Waals surface area contributed by atoms with Crippen LogP contribution in [0, 0.1) is 11.7 Å². The van der Waals surface area contributed by atoms with Gasteiger partial charge in [-0.2, -0.15) is 0 Å². The minimum Gasteiger partial charge on any atom is -0.299 e. The van der Waals surface area contributed by atoms with E-state index in [4.69, 9.17) is 11.6 Å². The molecule has 1 aliphatic heterocycles. The smallest absolute Gasteiger partial charge is 0.141 e. The lowest BCUT2D eigenvalue weighted by Crippen LogP contribution is -2.35. The molecule has 2 heterocycles. The molecule has 0 N–H and O–H groups in total. The van der Waals surface area contributed by atoms with Gasteiger partial charge in [-0.15, -0.1) is 11.6 Å². The zero-order chi connectivity index (χ0) is 12.3. The van der Waals surface area contributed by atoms with Gasteiger partial charge in [-0.25, -0.2) is 4.39 Å². The van der Waals surface area contributed by atoms with Crippen molar-refractivity contribution in [1.82, 2.24) is 9.88 Å². The van der Waals surface area contributed by atoms with Gasteiger partial charge in [-0.1, -0.05) is 0 Å². The number of hydrogen-bond acceptors (Lipinski definition) is 2. The van der Waals surface area contributed by atoms with Crippen LogP contribution in [0.3, 0.4) is 0 Å². The molecule has 0 spiro atoms. The topological polar surface area (TPSA) is 16.1 Å². The van der Waals surface area contributed by atoms with Crippen molar-refractivity contribution in [2.24, 2.45) is 5.92 Å². The Morgan fingerprint density at radius 2 is 2.18 bits per heavy atom. The van der Waals surface area contributed by atoms with E-state index in [1.807, 2.05) is 0 Å². The third-order valence-corrected chi connectivity index (χ3v) is 3.81. The maximum Gasteiger partial charge on any atom is 0.141 e. The van der Waals surface area contributed by atoms with Crippen LogP contribution in [-0.2, 0) is 6.54 Å². The Balaban J connectivity index is 1.86. The number of piperidine rings is 1. The first-order valence-corrected chi connectivity index (χ1v) is 6.54. The van der Waals surface area contributed by atoms with E-state index in [0.717, 1.165) is 38.0 Å². The molecule has 17 heavy (non-hydrogen) atoms. The summed E-state index contributed by atoms with van der Waals surface area (Å²) in [7, 11) is 0. The van der Waals surface area contributed by atoms with Crippen molar-refractivity contribution in [3.63, 3.8) is 0 Å². The molecule has 2 rings (SSSR count). The molecule has 4 heteroatoms. The molecule has 0 radical (unpaired) electrons. The maximum atomic E-state index is 13.0. The minimum absolute atomic E-state index is 0.257. The molecular formula is C13H18ClFN2. The van der Waals surface area contributed by atoms with Crippen molar-refractivity contribution in [3.8, 4) is 0 Å². The average molecular weight is 257 g/mol. The van der Waals surface area contributed by atoms with Gasteiger partial charge in [0.1, 0.15) is 5.82 Å². The summed E-state index contributed by atoms with van der Waals surface area (Å²) in [5.41, 5.74) is 0.947. The molecule has 0 aromatic carbocycles. The molecule has 1 aromatic rings. The lowest BCUT2D eigenvalue weighted by molar-refractivity contribution is 0.176. The Hall–Kier alpha value is -0.670. The van der Waals surface area contributed by atoms with E-state index in [-0.39, 0.29) is 11.2 Å². The predicted molar refractivity (Wildman–Crippen MR) is 67.5 cm³/mol. The van der Waals surface area contributed by atoms with Crippen LogP contribution in [0.2, 0.25) is 0 Å². The van der Waals surface area contributed by atoms with Crippen LogP contribution in [0.5, 0.6) is 0 Å². The highest BCUT2D eigenvalue weighted by Gasteiger charge is 2.22. The second-order valence-electron chi connectivity index (χ2n) is 4.80. The van der Waals surface area contributed by atoms with Crippen molar-refractivity contribution < 1.29 is 4.39 Å². The Morgan fingerprint density at radius 3 is 2.76 bits per heavy atom. The molecule has 1 saturated heterocycles. The Labute approximate surface area is 107 Å². The molecular weight excluding hydrogens is 239 g/mol. The van der Waals surface area contributed by atoms with Gasteiger partial charge in [-0.3, -0.25) is 9.88 Å². The molecule has 0 saturated carbocycles. The summed E-state index contributed by atoms with van der Waals surface area (Å²) in [5, 5.41) is 0.257. The van der Waals surface area contributed by atoms with Gasteiger partial charge < -0.3 is 0 Å². The third kappa shape index (κ3) is 3.65. The number of pyridine rings is 1. The molecule has 0 aliphatic carbocycles. The molecule has 1 aliphatic rings. The lowest BCUT2D eigenvalue weighted by atomic mass is 9.94. The average Bonchev–Trinajstić information content (AvgIpc) is 2.29. The van der Waals surface area contributed by atoms with E-state index < -0.39 is 0 Å². The highest BCUT2D eigenvalue weighted by atomic mass is 35.5. The molecule has 0 amide bonds. The van der Waals surface area contributed by atoms with Crippen molar-refractivity contribution in [3.05, 3.63) is 29.8 Å². The first kappa shape index (κ1) is 12.8. The zero-order valence-corrected chi connectivity index (χ0v) is 10.8. The van der Waals surface area contributed by atoms with Crippen LogP contribution < -0.4 is 0 Å². The first-order valence-electron chi connectivity index (χ1n) is 6.11. The second-order valence-corrected chi connectivity index (χ2v) is 5.49. The fourth-order valence-electron chi connectivity index (χ4n) is 2.37. The normalized spacial score (nSPS) is 20.4. The number of nitrogens with zero attached hydrogens (tertiary/aromatic N) is 2. The van der Waals surface area contributed by atoms with Crippen molar-refractivity contribution in [1.29, 1.82) is 0 Å². The van der Waals surface area contributed by atoms with Gasteiger partial charge in [0.15, 0.2) is 0 Å². The Morgan fingerprint density at radius 1 is 1.47 bits per heavy atom.